The lowest BCUT2D eigenvalue weighted by atomic mass is 10.1. The third kappa shape index (κ3) is 6.10. The quantitative estimate of drug-likeness (QED) is 0.242. The van der Waals surface area contributed by atoms with E-state index in [0.717, 1.165) is 0 Å². The molecule has 2 aliphatic heterocycles. The van der Waals surface area contributed by atoms with Crippen LogP contribution in [0.5, 0.6) is 5.88 Å². The minimum absolute atomic E-state index is 0.0234. The number of H-pyrrole nitrogens is 1. The van der Waals surface area contributed by atoms with Crippen molar-refractivity contribution in [3.8, 4) is 5.88 Å². The molecule has 0 amide bonds. The fourth-order valence-electron chi connectivity index (χ4n) is 5.02. The van der Waals surface area contributed by atoms with Crippen LogP contribution < -0.4 is 16.0 Å². The molecule has 16 nitrogen and oxygen atoms in total. The van der Waals surface area contributed by atoms with E-state index in [1.807, 2.05) is 0 Å². The maximum Gasteiger partial charge on any atom is 0.386 e. The highest BCUT2D eigenvalue weighted by molar-refractivity contribution is 8.44. The van der Waals surface area contributed by atoms with Gasteiger partial charge >= 0.3 is 13.6 Å². The van der Waals surface area contributed by atoms with Gasteiger partial charge in [-0.2, -0.15) is 4.98 Å². The van der Waals surface area contributed by atoms with Gasteiger partial charge in [0.25, 0.3) is 5.56 Å². The lowest BCUT2D eigenvalue weighted by Gasteiger charge is -2.26. The van der Waals surface area contributed by atoms with E-state index in [-0.39, 0.29) is 42.9 Å². The molecule has 2 bridgehead atoms. The van der Waals surface area contributed by atoms with Crippen LogP contribution in [-0.2, 0) is 32.0 Å². The normalized spacial score (nSPS) is 36.9. The largest absolute Gasteiger partial charge is 0.474 e. The Bertz CT molecular complexity index is 1550. The molecule has 5 heterocycles. The van der Waals surface area contributed by atoms with E-state index in [2.05, 4.69) is 49.4 Å². The molecular weight excluding hydrogens is 608 g/mol. The maximum atomic E-state index is 13.4. The summed E-state index contributed by atoms with van der Waals surface area (Å²) in [5, 5.41) is 0. The van der Waals surface area contributed by atoms with Gasteiger partial charge in [0.05, 0.1) is 31.7 Å². The summed E-state index contributed by atoms with van der Waals surface area (Å²) in [5.74, 6) is -0.157. The van der Waals surface area contributed by atoms with E-state index in [9.17, 15) is 13.9 Å². The van der Waals surface area contributed by atoms with Crippen molar-refractivity contribution in [2.45, 2.75) is 49.9 Å². The first-order chi connectivity index (χ1) is 19.1. The first-order valence-electron chi connectivity index (χ1n) is 12.2. The standard InChI is InChI=1S/C20H25N7O9P2S2/c21-20-25-17-16(18(28)26-20)24-9-27(17)19-14-5-12(34-19)7-32-38(30,40)35-13-4-11(33-15-1-2-22-8-23-15)3-10(13)6-31-37(29,39)36-14/h1-2,8-14,19H,3-7H2,(H,29,39)(H,30,40)(H3,21,25,26,28)/t10-,11-,12+,13+,14-,19-,37-,38+/m1/s1. The molecule has 1 aliphatic carbocycles. The van der Waals surface area contributed by atoms with E-state index in [0.29, 0.717) is 18.7 Å². The van der Waals surface area contributed by atoms with Gasteiger partial charge in [0.1, 0.15) is 18.5 Å². The van der Waals surface area contributed by atoms with Crippen LogP contribution in [0.3, 0.4) is 0 Å². The molecule has 3 aliphatic rings. The lowest BCUT2D eigenvalue weighted by molar-refractivity contribution is -0.0456. The highest BCUT2D eigenvalue weighted by atomic mass is 32.7. The summed E-state index contributed by atoms with van der Waals surface area (Å²) < 4.78 is 63.0. The summed E-state index contributed by atoms with van der Waals surface area (Å²) in [6, 6.07) is 1.61. The average Bonchev–Trinajstić information content (AvgIpc) is 3.58. The van der Waals surface area contributed by atoms with Crippen LogP contribution in [0.2, 0.25) is 0 Å². The van der Waals surface area contributed by atoms with Crippen LogP contribution in [0, 0.1) is 5.92 Å². The number of fused-ring (bicyclic) bond motifs is 4. The van der Waals surface area contributed by atoms with Crippen LogP contribution >= 0.6 is 38.1 Å². The molecule has 2 saturated heterocycles. The summed E-state index contributed by atoms with van der Waals surface area (Å²) in [6.07, 6.45) is 1.55. The second kappa shape index (κ2) is 11.0. The van der Waals surface area contributed by atoms with Crippen molar-refractivity contribution < 1.29 is 36.7 Å². The molecule has 40 heavy (non-hydrogen) atoms. The van der Waals surface area contributed by atoms with Crippen LogP contribution in [0.1, 0.15) is 25.5 Å². The van der Waals surface area contributed by atoms with Gasteiger partial charge in [0, 0.05) is 31.0 Å². The van der Waals surface area contributed by atoms with Crippen molar-refractivity contribution in [3.63, 3.8) is 0 Å². The van der Waals surface area contributed by atoms with Crippen LogP contribution in [0.15, 0.2) is 29.7 Å². The lowest BCUT2D eigenvalue weighted by Crippen LogP contribution is -2.24. The number of nitrogens with zero attached hydrogens (tertiary/aromatic N) is 5. The van der Waals surface area contributed by atoms with Gasteiger partial charge in [0.15, 0.2) is 17.4 Å². The minimum Gasteiger partial charge on any atom is -0.474 e. The number of ether oxygens (including phenoxy) is 2. The Balaban J connectivity index is 1.25. The Morgan fingerprint density at radius 2 is 1.85 bits per heavy atom. The fraction of sp³-hybridized carbons (Fsp3) is 0.550. The van der Waals surface area contributed by atoms with Crippen molar-refractivity contribution in [1.82, 2.24) is 29.5 Å². The Kier molecular flexibility index (Phi) is 7.74. The number of hydrogen-bond acceptors (Lipinski definition) is 14. The van der Waals surface area contributed by atoms with Crippen molar-refractivity contribution in [3.05, 3.63) is 35.3 Å². The second-order valence-corrected chi connectivity index (χ2v) is 15.2. The molecule has 3 aromatic rings. The summed E-state index contributed by atoms with van der Waals surface area (Å²) in [7, 11) is 0. The van der Waals surface area contributed by atoms with E-state index < -0.39 is 49.6 Å². The number of imidazole rings is 1. The molecule has 0 radical (unpaired) electrons. The molecule has 3 fully saturated rings. The van der Waals surface area contributed by atoms with Gasteiger partial charge in [-0.25, -0.2) is 24.1 Å². The van der Waals surface area contributed by atoms with Gasteiger partial charge < -0.3 is 19.7 Å². The van der Waals surface area contributed by atoms with Gasteiger partial charge in [-0.1, -0.05) is 24.5 Å². The zero-order valence-corrected chi connectivity index (χ0v) is 24.2. The maximum absolute atomic E-state index is 13.4. The Hall–Kier alpha value is -2.01. The van der Waals surface area contributed by atoms with Crippen LogP contribution in [-0.4, -0.2) is 67.1 Å². The Morgan fingerprint density at radius 1 is 1.07 bits per heavy atom. The highest BCUT2D eigenvalue weighted by Crippen LogP contribution is 2.60. The minimum atomic E-state index is -3.96. The molecule has 1 saturated carbocycles. The van der Waals surface area contributed by atoms with Crippen molar-refractivity contribution in [1.29, 1.82) is 0 Å². The molecular formula is C20H25N7O9P2S2. The van der Waals surface area contributed by atoms with Gasteiger partial charge in [-0.3, -0.25) is 27.9 Å². The Morgan fingerprint density at radius 3 is 2.62 bits per heavy atom. The molecule has 0 spiro atoms. The summed E-state index contributed by atoms with van der Waals surface area (Å²) in [5.41, 5.74) is 5.34. The summed E-state index contributed by atoms with van der Waals surface area (Å²) in [6.45, 7) is -8.13. The van der Waals surface area contributed by atoms with E-state index in [1.54, 1.807) is 12.3 Å². The number of nitrogen functional groups attached to an aromatic ring is 1. The topological polar surface area (TPSA) is 205 Å². The smallest absolute Gasteiger partial charge is 0.386 e. The molecule has 216 valence electrons. The van der Waals surface area contributed by atoms with Gasteiger partial charge in [-0.05, 0) is 6.42 Å². The Labute approximate surface area is 237 Å². The monoisotopic (exact) mass is 633 g/mol. The predicted molar refractivity (Wildman–Crippen MR) is 145 cm³/mol. The van der Waals surface area contributed by atoms with E-state index in [1.165, 1.54) is 17.2 Å². The second-order valence-electron chi connectivity index (χ2n) is 9.49. The van der Waals surface area contributed by atoms with Crippen molar-refractivity contribution in [2.75, 3.05) is 18.9 Å². The average molecular weight is 634 g/mol. The molecule has 8 atom stereocenters. The first-order valence-corrected chi connectivity index (χ1v) is 17.6. The summed E-state index contributed by atoms with van der Waals surface area (Å²) in [4.78, 5) is 30.8. The number of anilines is 1. The number of hydrogen-bond donors (Lipinski definition) is 4. The number of aromatic nitrogens is 6. The fourth-order valence-corrected chi connectivity index (χ4v) is 8.14. The van der Waals surface area contributed by atoms with Crippen LogP contribution in [0.4, 0.5) is 5.95 Å². The molecule has 0 unspecified atom stereocenters. The molecule has 3 aromatic heterocycles. The number of thiol groups is 2. The number of nitrogens with two attached hydrogens (primary N) is 1. The van der Waals surface area contributed by atoms with Crippen LogP contribution in [0.25, 0.3) is 11.2 Å². The van der Waals surface area contributed by atoms with Gasteiger partial charge in [0.2, 0.25) is 11.8 Å². The summed E-state index contributed by atoms with van der Waals surface area (Å²) >= 11 is 8.37. The zero-order valence-electron chi connectivity index (χ0n) is 20.6. The molecule has 20 heteroatoms. The third-order valence-electron chi connectivity index (χ3n) is 6.71. The number of rotatable bonds is 3. The molecule has 6 rings (SSSR count). The predicted octanol–water partition coefficient (Wildman–Crippen LogP) is 2.53. The zero-order chi connectivity index (χ0) is 28.1. The molecule has 0 aromatic carbocycles. The molecule has 3 N–H and O–H groups in total. The number of nitrogens with one attached hydrogen (secondary N) is 1. The highest BCUT2D eigenvalue weighted by Gasteiger charge is 2.46. The van der Waals surface area contributed by atoms with Crippen molar-refractivity contribution in [2.24, 2.45) is 5.92 Å². The van der Waals surface area contributed by atoms with E-state index in [4.69, 9.17) is 33.3 Å². The van der Waals surface area contributed by atoms with Crippen molar-refractivity contribution >= 4 is 55.2 Å². The first kappa shape index (κ1) is 28.1. The third-order valence-corrected chi connectivity index (χ3v) is 9.99. The van der Waals surface area contributed by atoms with Gasteiger partial charge in [-0.15, -0.1) is 0 Å². The SMILES string of the molecule is Nc1nc2c(ncn2[C@@H]2O[C@@H]3CO[P@](=O)(S)O[C@H]4C[C@H](Oc5ccncn5)C[C@@H]4CO[P@@](=O)(S)O[C@@H]2C3)c(=O)[nH]1. The van der Waals surface area contributed by atoms with E-state index >= 15 is 0 Å². The number of aromatic amines is 1.